The number of Topliss-reactive ketones (excluding diaryl/α,β-unsaturated/α-hetero) is 1. The van der Waals surface area contributed by atoms with Gasteiger partial charge in [-0.3, -0.25) is 14.4 Å². The summed E-state index contributed by atoms with van der Waals surface area (Å²) in [6.45, 7) is 34.0. The smallest absolute Gasteiger partial charge is 0.456 e. The minimum absolute atomic E-state index is 0.0266. The number of benzene rings is 1. The van der Waals surface area contributed by atoms with Gasteiger partial charge in [0.25, 0.3) is 0 Å². The monoisotopic (exact) mass is 1210 g/mol. The summed E-state index contributed by atoms with van der Waals surface area (Å²) in [4.78, 5) is 89.9. The summed E-state index contributed by atoms with van der Waals surface area (Å²) in [6.07, 6.45) is -13.1. The standard InChI is InChI=1S/C61H92F3NO16Si2/c1-20-82(21-2,22-3)80-44-30-45-59(32-73-45,77-38(13)66)49-51(76-53(69)40-24-23-25-41(29-40)78-61(62,63)64)60(72)31-43(37(12)46(57(60,17)18)48(50(67)58(44,49)19)75-52(68)39-26-27-39)74-54(70)47(81-83(34(6)7,35(8)9)36(10)11)42(28-33(4)5)65-55(71)79-56(14,15)16/h23-25,28-29,34-36,39,42-45,47-49,51,72H,20-22,26-27,30-32H2,1-19H3,(H,65,71)/t42-,43-,44-,45+,47+,48+,49-,51-,58+,59-,60+/m0/s1. The van der Waals surface area contributed by atoms with Crippen molar-refractivity contribution in [1.29, 1.82) is 0 Å². The molecular formula is C61H92F3NO16Si2. The molecule has 11 atom stereocenters. The molecule has 17 nitrogen and oxygen atoms in total. The number of fused-ring (bicyclic) bond motifs is 5. The molecule has 22 heteroatoms. The van der Waals surface area contributed by atoms with Crippen molar-refractivity contribution in [1.82, 2.24) is 5.32 Å². The second-order valence-corrected chi connectivity index (χ2v) is 36.7. The van der Waals surface area contributed by atoms with Crippen LogP contribution in [0.5, 0.6) is 5.75 Å². The minimum atomic E-state index is -5.15. The molecule has 466 valence electrons. The number of hydrogen-bond acceptors (Lipinski definition) is 16. The van der Waals surface area contributed by atoms with Crippen LogP contribution in [0.1, 0.15) is 168 Å². The first-order valence-corrected chi connectivity index (χ1v) is 34.2. The number of ether oxygens (including phenoxy) is 7. The second-order valence-electron chi connectivity index (χ2n) is 26.6. The summed E-state index contributed by atoms with van der Waals surface area (Å²) in [6, 6.07) is 4.77. The average molecular weight is 1210 g/mol. The number of ketones is 1. The van der Waals surface area contributed by atoms with Gasteiger partial charge in [-0.2, -0.15) is 0 Å². The quantitative estimate of drug-likeness (QED) is 0.0506. The lowest BCUT2D eigenvalue weighted by Gasteiger charge is -2.68. The van der Waals surface area contributed by atoms with Crippen LogP contribution in [0, 0.1) is 22.7 Å². The third kappa shape index (κ3) is 13.2. The number of carbonyl (C=O) groups is 6. The Balaban J connectivity index is 1.70. The van der Waals surface area contributed by atoms with Crippen LogP contribution in [0.25, 0.3) is 0 Å². The van der Waals surface area contributed by atoms with Gasteiger partial charge in [0, 0.05) is 25.2 Å². The molecule has 3 saturated carbocycles. The van der Waals surface area contributed by atoms with E-state index in [0.717, 1.165) is 18.2 Å². The van der Waals surface area contributed by atoms with Gasteiger partial charge in [-0.05, 0) is 125 Å². The lowest BCUT2D eigenvalue weighted by Crippen LogP contribution is -2.82. The maximum Gasteiger partial charge on any atom is 0.573 e. The predicted molar refractivity (Wildman–Crippen MR) is 307 cm³/mol. The van der Waals surface area contributed by atoms with E-state index in [0.29, 0.717) is 36.5 Å². The van der Waals surface area contributed by atoms with E-state index in [4.69, 9.17) is 37.3 Å². The number of aliphatic hydroxyl groups is 1. The lowest BCUT2D eigenvalue weighted by atomic mass is 9.44. The predicted octanol–water partition coefficient (Wildman–Crippen LogP) is 11.9. The largest absolute Gasteiger partial charge is 0.573 e. The third-order valence-corrected chi connectivity index (χ3v) is 29.4. The summed E-state index contributed by atoms with van der Waals surface area (Å²) in [5, 5.41) is 17.5. The fourth-order valence-corrected chi connectivity index (χ4v) is 22.6. The van der Waals surface area contributed by atoms with E-state index in [9.17, 15) is 32.7 Å². The molecular weight excluding hydrogens is 1120 g/mol. The molecule has 1 heterocycles. The molecule has 1 aromatic carbocycles. The number of hydrogen-bond donors (Lipinski definition) is 2. The Morgan fingerprint density at radius 2 is 1.48 bits per heavy atom. The van der Waals surface area contributed by atoms with Crippen LogP contribution in [0.2, 0.25) is 34.8 Å². The van der Waals surface area contributed by atoms with Crippen LogP contribution in [0.4, 0.5) is 18.0 Å². The molecule has 0 aromatic heterocycles. The van der Waals surface area contributed by atoms with Crippen molar-refractivity contribution < 1.29 is 89.1 Å². The van der Waals surface area contributed by atoms with Gasteiger partial charge in [-0.15, -0.1) is 13.2 Å². The molecule has 6 rings (SSSR count). The first kappa shape index (κ1) is 67.5. The van der Waals surface area contributed by atoms with Crippen molar-refractivity contribution in [3.8, 4) is 5.75 Å². The molecule has 4 fully saturated rings. The number of rotatable bonds is 21. The molecule has 1 saturated heterocycles. The molecule has 1 aromatic rings. The van der Waals surface area contributed by atoms with Gasteiger partial charge >= 0.3 is 36.3 Å². The topological polar surface area (TPSA) is 218 Å². The van der Waals surface area contributed by atoms with E-state index >= 15 is 14.4 Å². The molecule has 1 amide bonds. The Morgan fingerprint density at radius 3 is 1.96 bits per heavy atom. The fraction of sp³-hybridized carbons (Fsp3) is 0.738. The number of alkyl carbamates (subject to hydrolysis) is 1. The number of carbonyl (C=O) groups excluding carboxylic acids is 6. The first-order valence-electron chi connectivity index (χ1n) is 29.5. The highest BCUT2D eigenvalue weighted by atomic mass is 28.4. The highest BCUT2D eigenvalue weighted by molar-refractivity contribution is 6.77. The highest BCUT2D eigenvalue weighted by Crippen LogP contribution is 2.65. The number of halogens is 3. The normalized spacial score (nSPS) is 28.8. The zero-order chi connectivity index (χ0) is 62.5. The van der Waals surface area contributed by atoms with Gasteiger partial charge in [0.15, 0.2) is 31.9 Å². The number of alkyl halides is 3. The summed E-state index contributed by atoms with van der Waals surface area (Å²) in [5.74, 6) is -7.45. The highest BCUT2D eigenvalue weighted by Gasteiger charge is 2.79. The Bertz CT molecular complexity index is 2640. The molecule has 2 bridgehead atoms. The fourth-order valence-electron chi connectivity index (χ4n) is 14.2. The maximum atomic E-state index is 16.9. The number of amides is 1. The molecule has 0 radical (unpaired) electrons. The summed E-state index contributed by atoms with van der Waals surface area (Å²) in [5.41, 5.74) is -8.99. The molecule has 5 aliphatic rings. The Kier molecular flexibility index (Phi) is 20.0. The third-order valence-electron chi connectivity index (χ3n) is 18.7. The maximum absolute atomic E-state index is 16.9. The summed E-state index contributed by atoms with van der Waals surface area (Å²) in [7, 11) is -5.90. The van der Waals surface area contributed by atoms with E-state index in [1.54, 1.807) is 68.4 Å². The van der Waals surface area contributed by atoms with Crippen molar-refractivity contribution in [2.75, 3.05) is 6.61 Å². The Labute approximate surface area is 490 Å². The first-order chi connectivity index (χ1) is 38.2. The van der Waals surface area contributed by atoms with Crippen molar-refractivity contribution >= 4 is 52.4 Å². The second kappa shape index (κ2) is 24.6. The summed E-state index contributed by atoms with van der Waals surface area (Å²) < 4.78 is 98.6. The SMILES string of the molecule is CC[Si](CC)(CC)O[C@H]1C[C@H]2OC[C@@]2(OC(C)=O)[C@H]2[C@H](OC(=O)c3cccc(OC(F)(F)F)c3)[C@]3(O)C[C@H](OC(=O)[C@H](O[Si](C(C)C)(C(C)C)C(C)C)[C@H](C=C(C)C)NC(=O)OC(C)(C)C)C(C)=C([C@@H](OC(=O)C4CC4)C(=O)[C@]12C)C3(C)C. The van der Waals surface area contributed by atoms with Crippen molar-refractivity contribution in [2.24, 2.45) is 22.7 Å². The molecule has 83 heavy (non-hydrogen) atoms. The number of esters is 4. The number of nitrogens with one attached hydrogen (secondary N) is 1. The lowest BCUT2D eigenvalue weighted by molar-refractivity contribution is -0.344. The number of allylic oxidation sites excluding steroid dienone is 1. The molecule has 0 spiro atoms. The zero-order valence-corrected chi connectivity index (χ0v) is 54.2. The van der Waals surface area contributed by atoms with E-state index in [2.05, 4.69) is 10.1 Å². The van der Waals surface area contributed by atoms with Gasteiger partial charge in [-0.25, -0.2) is 14.4 Å². The van der Waals surface area contributed by atoms with E-state index < -0.39 is 159 Å². The van der Waals surface area contributed by atoms with Gasteiger partial charge in [-0.1, -0.05) is 93.9 Å². The zero-order valence-electron chi connectivity index (χ0n) is 52.2. The molecule has 4 aliphatic carbocycles. The van der Waals surface area contributed by atoms with Gasteiger partial charge < -0.3 is 52.4 Å². The van der Waals surface area contributed by atoms with Crippen LogP contribution in [-0.2, 0) is 56.5 Å². The van der Waals surface area contributed by atoms with Gasteiger partial charge in [0.1, 0.15) is 35.3 Å². The Morgan fingerprint density at radius 1 is 0.892 bits per heavy atom. The van der Waals surface area contributed by atoms with Crippen molar-refractivity contribution in [3.05, 3.63) is 52.6 Å². The van der Waals surface area contributed by atoms with Crippen LogP contribution < -0.4 is 10.1 Å². The van der Waals surface area contributed by atoms with E-state index in [1.807, 2.05) is 62.3 Å². The van der Waals surface area contributed by atoms with Crippen molar-refractivity contribution in [3.63, 3.8) is 0 Å². The average Bonchev–Trinajstić information content (AvgIpc) is 1.50. The van der Waals surface area contributed by atoms with Crippen LogP contribution in [0.3, 0.4) is 0 Å². The minimum Gasteiger partial charge on any atom is -0.456 e. The van der Waals surface area contributed by atoms with E-state index in [1.165, 1.54) is 13.0 Å². The molecule has 2 N–H and O–H groups in total. The molecule has 0 unspecified atom stereocenters. The Hall–Kier alpha value is -4.62. The molecule has 1 aliphatic heterocycles. The van der Waals surface area contributed by atoms with Crippen LogP contribution >= 0.6 is 0 Å². The van der Waals surface area contributed by atoms with Crippen LogP contribution in [0.15, 0.2) is 47.1 Å². The van der Waals surface area contributed by atoms with Crippen LogP contribution in [-0.4, -0.2) is 130 Å². The van der Waals surface area contributed by atoms with Crippen molar-refractivity contribution in [2.45, 2.75) is 258 Å². The summed E-state index contributed by atoms with van der Waals surface area (Å²) >= 11 is 0. The van der Waals surface area contributed by atoms with Gasteiger partial charge in [0.2, 0.25) is 8.32 Å². The van der Waals surface area contributed by atoms with E-state index in [-0.39, 0.29) is 40.8 Å². The van der Waals surface area contributed by atoms with Gasteiger partial charge in [0.05, 0.1) is 41.6 Å².